The van der Waals surface area contributed by atoms with Gasteiger partial charge in [-0.15, -0.1) is 0 Å². The van der Waals surface area contributed by atoms with Gasteiger partial charge in [-0.05, 0) is 399 Å². The third kappa shape index (κ3) is 32.0. The van der Waals surface area contributed by atoms with Crippen molar-refractivity contribution >= 4 is 90.1 Å². The van der Waals surface area contributed by atoms with Crippen LogP contribution in [-0.4, -0.2) is 279 Å². The van der Waals surface area contributed by atoms with Crippen molar-refractivity contribution in [2.24, 2.45) is 79.3 Å². The van der Waals surface area contributed by atoms with Gasteiger partial charge in [-0.25, -0.2) is 12.6 Å². The molecule has 30 heteroatoms. The Hall–Kier alpha value is -6.31. The van der Waals surface area contributed by atoms with Crippen molar-refractivity contribution in [2.45, 2.75) is 196 Å². The van der Waals surface area contributed by atoms with E-state index in [0.717, 1.165) is 191 Å². The molecule has 0 saturated carbocycles. The molecule has 24 nitrogen and oxygen atoms in total. The zero-order chi connectivity index (χ0) is 104. The van der Waals surface area contributed by atoms with Crippen molar-refractivity contribution in [1.82, 2.24) is 34.3 Å². The summed E-state index contributed by atoms with van der Waals surface area (Å²) in [5, 5.41) is 0. The van der Waals surface area contributed by atoms with E-state index in [0.29, 0.717) is 54.2 Å². The molecular weight excluding hydrogens is 2120 g/mol. The monoisotopic (exact) mass is 2280 g/mol. The number of esters is 7. The molecule has 800 valence electrons. The van der Waals surface area contributed by atoms with Crippen LogP contribution in [-0.2, 0) is 198 Å². The van der Waals surface area contributed by atoms with Crippen molar-refractivity contribution in [3.05, 3.63) is 213 Å². The third-order valence-electron chi connectivity index (χ3n) is 32.2. The van der Waals surface area contributed by atoms with Crippen LogP contribution in [0.5, 0.6) is 0 Å². The topological polar surface area (TPSA) is 258 Å². The number of rotatable bonds is 34. The predicted octanol–water partition coefficient (Wildman–Crippen LogP) is 18.7. The van der Waals surface area contributed by atoms with Gasteiger partial charge in [0.1, 0.15) is 0 Å². The van der Waals surface area contributed by atoms with E-state index in [-0.39, 0.29) is 167 Å². The molecular formula is C116H168BrN7O17S3Y2. The van der Waals surface area contributed by atoms with E-state index in [4.69, 9.17) is 33.2 Å². The number of sulfone groups is 1. The van der Waals surface area contributed by atoms with Crippen LogP contribution in [0.1, 0.15) is 161 Å². The van der Waals surface area contributed by atoms with Crippen molar-refractivity contribution in [3.8, 4) is 0 Å². The molecule has 0 amide bonds. The first-order valence-corrected chi connectivity index (χ1v) is 54.6. The minimum atomic E-state index is -3.85. The fraction of sp³-hybridized carbons (Fsp3) is 0.578. The largest absolute Gasteiger partial charge is 0.469 e. The third-order valence-corrected chi connectivity index (χ3v) is 36.8. The van der Waals surface area contributed by atoms with E-state index in [2.05, 4.69) is 160 Å². The van der Waals surface area contributed by atoms with Gasteiger partial charge >= 0.3 is 41.8 Å². The summed E-state index contributed by atoms with van der Waals surface area (Å²) in [6, 6.07) is 54.4. The molecule has 7 aromatic rings. The molecule has 0 aromatic heterocycles. The summed E-state index contributed by atoms with van der Waals surface area (Å²) in [6.07, 6.45) is 10.6. The van der Waals surface area contributed by atoms with Gasteiger partial charge in [0, 0.05) is 135 Å². The zero-order valence-corrected chi connectivity index (χ0v) is 99.5. The smallest absolute Gasteiger partial charge is 0.312 e. The van der Waals surface area contributed by atoms with E-state index in [9.17, 15) is 46.2 Å². The number of likely N-dealkylation sites (tertiary alicyclic amines) is 7. The SMILES string of the molecule is C.C.CC.COC(=O)C(C)(Cc1cccc(Br)c1)C1CCN(C)C1.COC(=O)C(C)(Cc1cccc(S(=O)(=O)c2cccc(CC(C)(C(=O)OC)C3CCN(C)C3)c2)c1)C1CCN(C)C1.COC(=O)C(C)(Cc1cccc(S(=O)c2cccc(CC(C)(C(=O)OC)C3CCN(C)C3)c2)c1)C1CCN(C)C1.COC(=O)C(C)(Cc1cccc(Sc2cccc(CC(C)(C(=O)OC)C3CCN(C)C3)c2)c1)C1CCN(C)C1.[Y].[Y]. The minimum absolute atomic E-state index is 0. The van der Waals surface area contributed by atoms with Crippen LogP contribution in [0.2, 0.25) is 0 Å². The summed E-state index contributed by atoms with van der Waals surface area (Å²) in [6.45, 7) is 30.9. The Bertz CT molecular complexity index is 5330. The number of nitrogens with zero attached hydrogens (tertiary/aromatic N) is 7. The number of carbonyl (C=O) groups excluding carboxylic acids is 7. The molecule has 0 bridgehead atoms. The van der Waals surface area contributed by atoms with Crippen molar-refractivity contribution in [1.29, 1.82) is 0 Å². The molecule has 7 heterocycles. The Labute approximate surface area is 940 Å². The summed E-state index contributed by atoms with van der Waals surface area (Å²) < 4.78 is 79.1. The van der Waals surface area contributed by atoms with Gasteiger partial charge in [0.25, 0.3) is 0 Å². The molecule has 7 saturated heterocycles. The van der Waals surface area contributed by atoms with Crippen LogP contribution in [0.15, 0.2) is 204 Å². The fourth-order valence-corrected chi connectivity index (χ4v) is 27.2. The van der Waals surface area contributed by atoms with E-state index >= 15 is 0 Å². The molecule has 2 radical (unpaired) electrons. The van der Waals surface area contributed by atoms with Gasteiger partial charge < -0.3 is 67.5 Å². The molecule has 0 N–H and O–H groups in total. The van der Waals surface area contributed by atoms with Crippen molar-refractivity contribution < 1.29 is 145 Å². The minimum Gasteiger partial charge on any atom is -0.469 e. The molecule has 14 atom stereocenters. The number of carbonyl (C=O) groups is 7. The molecule has 14 rings (SSSR count). The van der Waals surface area contributed by atoms with Crippen molar-refractivity contribution in [3.63, 3.8) is 0 Å². The molecule has 0 spiro atoms. The Kier molecular flexibility index (Phi) is 50.6. The Morgan fingerprint density at radius 1 is 0.308 bits per heavy atom. The molecule has 14 unspecified atom stereocenters. The van der Waals surface area contributed by atoms with Crippen LogP contribution >= 0.6 is 27.7 Å². The van der Waals surface area contributed by atoms with Gasteiger partial charge in [0.05, 0.1) is 108 Å². The Balaban J connectivity index is 0.000000300. The Morgan fingerprint density at radius 3 is 0.692 bits per heavy atom. The number of ether oxygens (including phenoxy) is 7. The molecule has 7 fully saturated rings. The summed E-state index contributed by atoms with van der Waals surface area (Å²) >= 11 is 5.21. The van der Waals surface area contributed by atoms with Gasteiger partial charge in [0.2, 0.25) is 9.84 Å². The van der Waals surface area contributed by atoms with Crippen LogP contribution in [0, 0.1) is 79.3 Å². The number of halogens is 1. The van der Waals surface area contributed by atoms with Gasteiger partial charge in [-0.3, -0.25) is 33.6 Å². The molecule has 7 aromatic carbocycles. The van der Waals surface area contributed by atoms with Crippen LogP contribution in [0.4, 0.5) is 0 Å². The molecule has 146 heavy (non-hydrogen) atoms. The maximum Gasteiger partial charge on any atom is 0.312 e. The second-order valence-electron chi connectivity index (χ2n) is 42.7. The zero-order valence-electron chi connectivity index (χ0n) is 89.8. The van der Waals surface area contributed by atoms with Gasteiger partial charge in [-0.2, -0.15) is 0 Å². The first-order valence-electron chi connectivity index (χ1n) is 50.4. The number of hydrogen-bond donors (Lipinski definition) is 0. The van der Waals surface area contributed by atoms with E-state index in [1.807, 2.05) is 135 Å². The van der Waals surface area contributed by atoms with Crippen LogP contribution in [0.3, 0.4) is 0 Å². The number of benzene rings is 7. The van der Waals surface area contributed by atoms with E-state index < -0.39 is 58.5 Å². The average Bonchev–Trinajstić information content (AvgIpc) is 1.68. The van der Waals surface area contributed by atoms with Gasteiger partial charge in [-0.1, -0.05) is 141 Å². The maximum atomic E-state index is 13.9. The normalized spacial score (nSPS) is 22.3. The first kappa shape index (κ1) is 128. The predicted molar refractivity (Wildman–Crippen MR) is 578 cm³/mol. The molecule has 0 aliphatic carbocycles. The van der Waals surface area contributed by atoms with Crippen LogP contribution in [0.25, 0.3) is 0 Å². The van der Waals surface area contributed by atoms with E-state index in [1.165, 1.54) is 55.3 Å². The average molecular weight is 2290 g/mol. The number of hydrogen-bond acceptors (Lipinski definition) is 25. The molecule has 7 aliphatic heterocycles. The Morgan fingerprint density at radius 2 is 0.493 bits per heavy atom. The maximum absolute atomic E-state index is 13.9. The van der Waals surface area contributed by atoms with Crippen LogP contribution < -0.4 is 0 Å². The second kappa shape index (κ2) is 57.6. The standard InChI is InChI=1S/C32H44N2O6S.C32H44N2O5S.C32H44N2O4S.C16H22BrNO2.C2H6.2CH4.2Y/c1-31(29(35)39-5,25-13-15-33(3)21-25)19-23-9-7-11-27(17-23)41(37,38)28-12-8-10-24(18-28)20-32(2,30(36)40-6)26-14-16-34(4)22-26;1-31(29(35)38-5,25-13-15-33(3)21-25)19-23-9-7-11-27(17-23)40(37)28-12-8-10-24(18-28)20-32(2,30(36)39-6)26-14-16-34(4)22-26;1-31(29(35)37-5,25-13-15-33(3)21-25)19-23-9-7-11-27(17-23)39-28-12-8-10-24(18-28)20-32(2,30(36)38-6)26-14-16-34(4)22-26;1-16(15(19)20-3,13-7-8-18(2)11-13)10-12-5-4-6-14(17)9-12;1-2;;;;/h7-12,17-18,25-26H,13-16,19-22H2,1-6H3;7-12,17-18,25-26H,13-16,19-22H2,1-6H3;7-12,17-18,25-26H,13-16,19-22H2,1-6H3;4-6,9,13H,7-8,10-11H2,1-3H3;1-2H3;2*1H4;;. The fourth-order valence-electron chi connectivity index (χ4n) is 23.1. The quantitative estimate of drug-likeness (QED) is 0.0268. The molecule has 7 aliphatic rings. The van der Waals surface area contributed by atoms with Gasteiger partial charge in [0.15, 0.2) is 0 Å². The summed E-state index contributed by atoms with van der Waals surface area (Å²) in [7, 11) is 19.5. The van der Waals surface area contributed by atoms with E-state index in [1.54, 1.807) is 48.2 Å². The van der Waals surface area contributed by atoms with Crippen molar-refractivity contribution in [2.75, 3.05) is 191 Å². The first-order chi connectivity index (χ1) is 67.3. The summed E-state index contributed by atoms with van der Waals surface area (Å²) in [5.41, 5.74) is 2.49. The summed E-state index contributed by atoms with van der Waals surface area (Å²) in [5.74, 6) is 0.187. The number of methoxy groups -OCH3 is 7. The second-order valence-corrected chi connectivity index (χ2v) is 48.2. The summed E-state index contributed by atoms with van der Waals surface area (Å²) in [4.78, 5) is 110.